The number of nitro groups is 1. The number of nitrogens with zero attached hydrogens (tertiary/aromatic N) is 7. The van der Waals surface area contributed by atoms with Crippen LogP contribution in [-0.2, 0) is 25.9 Å². The number of piperidine rings is 1. The first-order valence-corrected chi connectivity index (χ1v) is 28.5. The van der Waals surface area contributed by atoms with Crippen molar-refractivity contribution in [3.8, 4) is 11.6 Å². The Labute approximate surface area is 437 Å². The second-order valence-electron chi connectivity index (χ2n) is 22.3. The van der Waals surface area contributed by atoms with Crippen LogP contribution >= 0.6 is 0 Å². The molecule has 6 fully saturated rings. The van der Waals surface area contributed by atoms with Crippen LogP contribution in [0, 0.1) is 15.5 Å². The number of hydrogen-bond donors (Lipinski definition) is 3. The average molecular weight is 1040 g/mol. The summed E-state index contributed by atoms with van der Waals surface area (Å²) in [7, 11) is -4.70. The van der Waals surface area contributed by atoms with Crippen LogP contribution in [0.2, 0.25) is 0 Å². The second kappa shape index (κ2) is 19.2. The van der Waals surface area contributed by atoms with E-state index in [1.54, 1.807) is 6.07 Å². The minimum absolute atomic E-state index is 0.0287. The largest absolute Gasteiger partial charge is 0.489 e. The fraction of sp³-hybridized carbons (Fsp3) is 0.527. The van der Waals surface area contributed by atoms with Crippen molar-refractivity contribution in [1.82, 2.24) is 29.4 Å². The fourth-order valence-corrected chi connectivity index (χ4v) is 14.8. The Balaban J connectivity index is 0.759. The zero-order valence-electron chi connectivity index (χ0n) is 42.6. The number of amides is 1. The summed E-state index contributed by atoms with van der Waals surface area (Å²) in [6, 6.07) is 21.9. The molecule has 1 aliphatic carbocycles. The van der Waals surface area contributed by atoms with Crippen molar-refractivity contribution in [3.63, 3.8) is 0 Å². The van der Waals surface area contributed by atoms with Gasteiger partial charge >= 0.3 is 0 Å². The van der Waals surface area contributed by atoms with Crippen LogP contribution in [0.25, 0.3) is 11.0 Å². The Morgan fingerprint density at radius 2 is 1.75 bits per heavy atom. The van der Waals surface area contributed by atoms with Crippen LogP contribution in [0.5, 0.6) is 11.6 Å². The Hall–Kier alpha value is -6.03. The molecule has 1 saturated carbocycles. The maximum absolute atomic E-state index is 14.8. The van der Waals surface area contributed by atoms with E-state index in [4.69, 9.17) is 23.9 Å². The summed E-state index contributed by atoms with van der Waals surface area (Å²) in [6.07, 6.45) is 9.38. The summed E-state index contributed by atoms with van der Waals surface area (Å²) in [5.41, 5.74) is 5.65. The zero-order chi connectivity index (χ0) is 51.2. The van der Waals surface area contributed by atoms with Crippen LogP contribution in [-0.4, -0.2) is 159 Å². The number of benzene rings is 3. The van der Waals surface area contributed by atoms with Gasteiger partial charge in [0.25, 0.3) is 21.6 Å². The summed E-state index contributed by atoms with van der Waals surface area (Å²) in [6.45, 7) is 12.7. The minimum Gasteiger partial charge on any atom is -0.489 e. The third kappa shape index (κ3) is 8.84. The van der Waals surface area contributed by atoms with Gasteiger partial charge in [0, 0.05) is 86.8 Å². The summed E-state index contributed by atoms with van der Waals surface area (Å²) in [5.74, 6) is -0.497. The Morgan fingerprint density at radius 1 is 0.920 bits per heavy atom. The summed E-state index contributed by atoms with van der Waals surface area (Å²) >= 11 is 0. The predicted molar refractivity (Wildman–Crippen MR) is 283 cm³/mol. The summed E-state index contributed by atoms with van der Waals surface area (Å²) < 4.78 is 55.2. The van der Waals surface area contributed by atoms with E-state index in [9.17, 15) is 23.3 Å². The number of aromatic amines is 1. The van der Waals surface area contributed by atoms with Gasteiger partial charge in [0.15, 0.2) is 11.4 Å². The van der Waals surface area contributed by atoms with E-state index < -0.39 is 37.5 Å². The third-order valence-corrected chi connectivity index (χ3v) is 19.1. The van der Waals surface area contributed by atoms with Gasteiger partial charge in [-0.15, -0.1) is 0 Å². The molecule has 2 aromatic heterocycles. The first kappa shape index (κ1) is 48.6. The summed E-state index contributed by atoms with van der Waals surface area (Å²) in [5, 5.41) is 16.8. The second-order valence-corrected chi connectivity index (χ2v) is 23.9. The zero-order valence-corrected chi connectivity index (χ0v) is 43.4. The normalized spacial score (nSPS) is 26.1. The lowest BCUT2D eigenvalue weighted by molar-refractivity contribution is -0.384. The smallest absolute Gasteiger partial charge is 0.297 e. The highest BCUT2D eigenvalue weighted by Crippen LogP contribution is 2.55. The lowest BCUT2D eigenvalue weighted by Crippen LogP contribution is -2.61. The van der Waals surface area contributed by atoms with Crippen molar-refractivity contribution in [3.05, 3.63) is 99.7 Å². The van der Waals surface area contributed by atoms with Crippen LogP contribution in [0.4, 0.5) is 28.4 Å². The lowest BCUT2D eigenvalue weighted by atomic mass is 9.59. The number of fused-ring (bicyclic) bond motifs is 4. The van der Waals surface area contributed by atoms with Crippen LogP contribution in [0.15, 0.2) is 77.8 Å². The number of H-pyrrole nitrogens is 1. The van der Waals surface area contributed by atoms with E-state index in [1.165, 1.54) is 42.9 Å². The van der Waals surface area contributed by atoms with Crippen LogP contribution in [0.1, 0.15) is 79.9 Å². The van der Waals surface area contributed by atoms with Gasteiger partial charge in [-0.05, 0) is 105 Å². The molecule has 7 aliphatic heterocycles. The van der Waals surface area contributed by atoms with Gasteiger partial charge in [0.1, 0.15) is 24.0 Å². The molecule has 20 heteroatoms. The molecule has 1 spiro atoms. The molecule has 0 radical (unpaired) electrons. The molecule has 0 bridgehead atoms. The molecule has 5 atom stereocenters. The van der Waals surface area contributed by atoms with E-state index in [2.05, 4.69) is 72.7 Å². The molecule has 13 rings (SSSR count). The number of pyridine rings is 1. The highest BCUT2D eigenvalue weighted by atomic mass is 32.2. The number of aryl methyl sites for hydroxylation is 1. The number of nitro benzene ring substituents is 1. The molecular formula is C55H66N10O9S. The molecule has 8 aliphatic rings. The molecule has 9 heterocycles. The van der Waals surface area contributed by atoms with E-state index in [0.717, 1.165) is 88.9 Å². The SMILES string of the molecule is CCc1ccccc1[C@@H]1CCCN1C1CC2(CCN(c3ccc(C(=O)NS(=O)(=O)c4cc5c(c([N+](=O)[O-])c4)N[C@H](CN4CCN(C6COC6)[C@H](C)C4)CO5)c(N4c5cc6cc[nH]c6nc5O[C@H]5COC[C@H]54)c3)CC2)C1. The lowest BCUT2D eigenvalue weighted by Gasteiger charge is -2.56. The molecular weight excluding hydrogens is 977 g/mol. The Bertz CT molecular complexity index is 3140. The molecule has 75 heavy (non-hydrogen) atoms. The predicted octanol–water partition coefficient (Wildman–Crippen LogP) is 6.61. The van der Waals surface area contributed by atoms with Gasteiger partial charge < -0.3 is 39.0 Å². The molecule has 3 N–H and O–H groups in total. The standard InChI is InChI=1S/C55H66N10O9S/c1-3-35-7-4-5-8-42(35)44-9-6-16-63(44)39-25-55(26-39)13-17-61(18-14-55)38-10-11-43(45(22-38)64-47-21-36-12-15-56-52(36)58-54(47)74-50-33-72-32-48(50)64)53(66)59-75(69,70)41-23-46(65(67)68)51-49(24-41)73-29-37(57-51)28-60-19-20-62(34(2)27-60)40-30-71-31-40/h4-5,7-8,10-12,15,21-24,34,37,39-40,44,48,50,57H,3,6,9,13-14,16-20,25-33H2,1-2H3,(H,56,58)(H,59,66)/t34-,37-,44+,48-,50+/m1/s1. The highest BCUT2D eigenvalue weighted by molar-refractivity contribution is 7.90. The van der Waals surface area contributed by atoms with Crippen LogP contribution < -0.4 is 29.3 Å². The molecule has 5 aromatic rings. The summed E-state index contributed by atoms with van der Waals surface area (Å²) in [4.78, 5) is 46.4. The van der Waals surface area contributed by atoms with E-state index in [-0.39, 0.29) is 41.1 Å². The number of hydrogen-bond acceptors (Lipinski definition) is 16. The van der Waals surface area contributed by atoms with Gasteiger partial charge in [-0.25, -0.2) is 13.1 Å². The molecule has 396 valence electrons. The number of anilines is 4. The van der Waals surface area contributed by atoms with E-state index >= 15 is 0 Å². The van der Waals surface area contributed by atoms with Gasteiger partial charge in [-0.3, -0.25) is 29.6 Å². The monoisotopic (exact) mass is 1040 g/mol. The molecule has 19 nitrogen and oxygen atoms in total. The van der Waals surface area contributed by atoms with Crippen molar-refractivity contribution < 1.29 is 37.1 Å². The number of carbonyl (C=O) groups is 1. The van der Waals surface area contributed by atoms with Gasteiger partial charge in [-0.2, -0.15) is 4.98 Å². The van der Waals surface area contributed by atoms with Gasteiger partial charge in [0.05, 0.1) is 65.6 Å². The number of likely N-dealkylation sites (tertiary alicyclic amines) is 1. The number of rotatable bonds is 12. The average Bonchev–Trinajstić information content (AvgIpc) is 4.18. The van der Waals surface area contributed by atoms with Crippen LogP contribution in [0.3, 0.4) is 0 Å². The van der Waals surface area contributed by atoms with Crippen molar-refractivity contribution >= 4 is 55.4 Å². The highest BCUT2D eigenvalue weighted by Gasteiger charge is 2.50. The topological polar surface area (TPSA) is 200 Å². The minimum atomic E-state index is -4.70. The van der Waals surface area contributed by atoms with E-state index in [0.29, 0.717) is 66.8 Å². The van der Waals surface area contributed by atoms with Gasteiger partial charge in [-0.1, -0.05) is 31.2 Å². The van der Waals surface area contributed by atoms with Crippen molar-refractivity contribution in [2.45, 2.75) is 106 Å². The number of piperazine rings is 1. The maximum Gasteiger partial charge on any atom is 0.297 e. The maximum atomic E-state index is 14.8. The number of ether oxygens (including phenoxy) is 4. The molecule has 1 amide bonds. The quantitative estimate of drug-likeness (QED) is 0.0890. The molecule has 0 unspecified atom stereocenters. The van der Waals surface area contributed by atoms with Crippen molar-refractivity contribution in [2.24, 2.45) is 5.41 Å². The van der Waals surface area contributed by atoms with Gasteiger partial charge in [0.2, 0.25) is 5.88 Å². The first-order valence-electron chi connectivity index (χ1n) is 27.0. The number of carbonyl (C=O) groups excluding carboxylic acids is 1. The fourth-order valence-electron chi connectivity index (χ4n) is 13.8. The Morgan fingerprint density at radius 3 is 2.53 bits per heavy atom. The number of nitrogens with one attached hydrogen (secondary N) is 3. The van der Waals surface area contributed by atoms with Crippen molar-refractivity contribution in [2.75, 3.05) is 94.0 Å². The van der Waals surface area contributed by atoms with Crippen molar-refractivity contribution in [1.29, 1.82) is 0 Å². The number of aromatic nitrogens is 2. The first-order chi connectivity index (χ1) is 36.4. The number of sulfonamides is 1. The molecule has 3 aromatic carbocycles. The van der Waals surface area contributed by atoms with E-state index in [1.807, 2.05) is 35.4 Å². The third-order valence-electron chi connectivity index (χ3n) is 17.8. The Kier molecular flexibility index (Phi) is 12.4. The molecule has 5 saturated heterocycles.